The lowest BCUT2D eigenvalue weighted by molar-refractivity contribution is 0.0774. The number of benzene rings is 1. The fraction of sp³-hybridized carbons (Fsp3) is 0.312. The molecule has 0 saturated carbocycles. The first-order chi connectivity index (χ1) is 10.1. The van der Waals surface area contributed by atoms with Crippen molar-refractivity contribution >= 4 is 21.8 Å². The molecule has 1 aromatic heterocycles. The summed E-state index contributed by atoms with van der Waals surface area (Å²) in [4.78, 5) is 14.3. The third-order valence-electron chi connectivity index (χ3n) is 3.26. The third-order valence-corrected chi connectivity index (χ3v) is 3.69. The second-order valence-electron chi connectivity index (χ2n) is 4.88. The Morgan fingerprint density at radius 2 is 2.05 bits per heavy atom. The van der Waals surface area contributed by atoms with E-state index in [2.05, 4.69) is 21.2 Å². The van der Waals surface area contributed by atoms with E-state index in [4.69, 9.17) is 4.42 Å². The van der Waals surface area contributed by atoms with Gasteiger partial charge in [0.25, 0.3) is 5.91 Å². The quantitative estimate of drug-likeness (QED) is 0.870. The minimum absolute atomic E-state index is 0.00854. The molecule has 1 aromatic carbocycles. The van der Waals surface area contributed by atoms with E-state index in [1.165, 1.54) is 0 Å². The van der Waals surface area contributed by atoms with Crippen LogP contribution in [0.4, 0.5) is 0 Å². The molecule has 5 heteroatoms. The molecule has 21 heavy (non-hydrogen) atoms. The third kappa shape index (κ3) is 4.19. The zero-order chi connectivity index (χ0) is 15.2. The van der Waals surface area contributed by atoms with Crippen LogP contribution in [0.15, 0.2) is 45.5 Å². The minimum Gasteiger partial charge on any atom is -0.452 e. The van der Waals surface area contributed by atoms with Crippen molar-refractivity contribution in [2.75, 3.05) is 20.6 Å². The number of nitrogens with one attached hydrogen (secondary N) is 1. The fourth-order valence-corrected chi connectivity index (χ4v) is 2.49. The summed E-state index contributed by atoms with van der Waals surface area (Å²) in [5, 5.41) is 3.11. The van der Waals surface area contributed by atoms with Crippen molar-refractivity contribution < 1.29 is 9.21 Å². The topological polar surface area (TPSA) is 45.5 Å². The molecule has 1 N–H and O–H groups in total. The van der Waals surface area contributed by atoms with Crippen molar-refractivity contribution in [3.63, 3.8) is 0 Å². The van der Waals surface area contributed by atoms with Gasteiger partial charge in [0, 0.05) is 12.6 Å². The van der Waals surface area contributed by atoms with Gasteiger partial charge in [-0.2, -0.15) is 0 Å². The molecule has 0 radical (unpaired) electrons. The van der Waals surface area contributed by atoms with E-state index in [1.807, 2.05) is 43.4 Å². The molecule has 0 spiro atoms. The predicted molar refractivity (Wildman–Crippen MR) is 86.3 cm³/mol. The van der Waals surface area contributed by atoms with Gasteiger partial charge in [0.15, 0.2) is 4.67 Å². The van der Waals surface area contributed by atoms with Crippen LogP contribution in [0.3, 0.4) is 0 Å². The van der Waals surface area contributed by atoms with E-state index in [1.54, 1.807) is 11.9 Å². The maximum absolute atomic E-state index is 12.6. The fourth-order valence-electron chi connectivity index (χ4n) is 2.15. The van der Waals surface area contributed by atoms with Crippen LogP contribution in [-0.4, -0.2) is 31.4 Å². The van der Waals surface area contributed by atoms with Gasteiger partial charge < -0.3 is 14.6 Å². The summed E-state index contributed by atoms with van der Waals surface area (Å²) in [6.45, 7) is 1.30. The Morgan fingerprint density at radius 3 is 2.71 bits per heavy atom. The molecule has 0 unspecified atom stereocenters. The first-order valence-electron chi connectivity index (χ1n) is 6.84. The molecule has 0 bridgehead atoms. The summed E-state index contributed by atoms with van der Waals surface area (Å²) < 4.78 is 6.12. The number of hydrogen-bond donors (Lipinski definition) is 1. The summed E-state index contributed by atoms with van der Waals surface area (Å²) in [6.07, 6.45) is 0.832. The summed E-state index contributed by atoms with van der Waals surface area (Å²) in [5.41, 5.74) is 1.81. The molecule has 0 aliphatic rings. The van der Waals surface area contributed by atoms with Crippen molar-refractivity contribution in [1.82, 2.24) is 10.2 Å². The van der Waals surface area contributed by atoms with E-state index >= 15 is 0 Å². The lowest BCUT2D eigenvalue weighted by Gasteiger charge is -2.18. The Labute approximate surface area is 133 Å². The van der Waals surface area contributed by atoms with Crippen LogP contribution >= 0.6 is 15.9 Å². The summed E-state index contributed by atoms with van der Waals surface area (Å²) in [6, 6.07) is 11.4. The lowest BCUT2D eigenvalue weighted by atomic mass is 10.0. The van der Waals surface area contributed by atoms with Crippen molar-refractivity contribution in [3.8, 4) is 0 Å². The van der Waals surface area contributed by atoms with Gasteiger partial charge >= 0.3 is 0 Å². The van der Waals surface area contributed by atoms with E-state index in [-0.39, 0.29) is 5.91 Å². The van der Waals surface area contributed by atoms with Crippen molar-refractivity contribution in [3.05, 3.63) is 58.0 Å². The van der Waals surface area contributed by atoms with Gasteiger partial charge in [-0.05, 0) is 59.7 Å². The van der Waals surface area contributed by atoms with Gasteiger partial charge in [0.2, 0.25) is 0 Å². The number of amides is 1. The second kappa shape index (κ2) is 7.43. The Bertz CT molecular complexity index is 610. The van der Waals surface area contributed by atoms with Gasteiger partial charge in [0.05, 0.1) is 6.54 Å². The number of halogens is 1. The Kier molecular flexibility index (Phi) is 5.59. The van der Waals surface area contributed by atoms with Crippen LogP contribution in [0.25, 0.3) is 0 Å². The molecule has 0 atom stereocenters. The van der Waals surface area contributed by atoms with Crippen LogP contribution in [-0.2, 0) is 13.0 Å². The smallest absolute Gasteiger partial charge is 0.254 e. The van der Waals surface area contributed by atoms with Gasteiger partial charge in [-0.25, -0.2) is 0 Å². The predicted octanol–water partition coefficient (Wildman–Crippen LogP) is 3.08. The average molecular weight is 351 g/mol. The van der Waals surface area contributed by atoms with Crippen LogP contribution in [0.2, 0.25) is 0 Å². The van der Waals surface area contributed by atoms with E-state index in [9.17, 15) is 4.79 Å². The van der Waals surface area contributed by atoms with Crippen molar-refractivity contribution in [2.24, 2.45) is 0 Å². The number of hydrogen-bond acceptors (Lipinski definition) is 3. The number of furan rings is 1. The minimum atomic E-state index is 0.00854. The SMILES string of the molecule is CNCCc1ccccc1C(=O)N(C)Cc1ccc(Br)o1. The first-order valence-corrected chi connectivity index (χ1v) is 7.63. The largest absolute Gasteiger partial charge is 0.452 e. The van der Waals surface area contributed by atoms with Gasteiger partial charge in [0.1, 0.15) is 5.76 Å². The zero-order valence-corrected chi connectivity index (χ0v) is 13.8. The monoisotopic (exact) mass is 350 g/mol. The summed E-state index contributed by atoms with van der Waals surface area (Å²) in [7, 11) is 3.69. The molecule has 112 valence electrons. The number of carbonyl (C=O) groups is 1. The average Bonchev–Trinajstić information content (AvgIpc) is 2.89. The van der Waals surface area contributed by atoms with Crippen LogP contribution in [0.5, 0.6) is 0 Å². The summed E-state index contributed by atoms with van der Waals surface area (Å²) in [5.74, 6) is 0.764. The molecular formula is C16H19BrN2O2. The second-order valence-corrected chi connectivity index (χ2v) is 5.66. The van der Waals surface area contributed by atoms with Crippen molar-refractivity contribution in [1.29, 1.82) is 0 Å². The van der Waals surface area contributed by atoms with Crippen molar-refractivity contribution in [2.45, 2.75) is 13.0 Å². The molecule has 0 aliphatic heterocycles. The maximum Gasteiger partial charge on any atom is 0.254 e. The number of carbonyl (C=O) groups excluding carboxylic acids is 1. The molecule has 4 nitrogen and oxygen atoms in total. The molecule has 2 aromatic rings. The molecule has 1 amide bonds. The highest BCUT2D eigenvalue weighted by Crippen LogP contribution is 2.17. The van der Waals surface area contributed by atoms with E-state index < -0.39 is 0 Å². The van der Waals surface area contributed by atoms with Gasteiger partial charge in [-0.1, -0.05) is 18.2 Å². The molecule has 0 aliphatic carbocycles. The Balaban J connectivity index is 2.11. The highest BCUT2D eigenvalue weighted by Gasteiger charge is 2.16. The van der Waals surface area contributed by atoms with E-state index in [0.717, 1.165) is 29.9 Å². The highest BCUT2D eigenvalue weighted by molar-refractivity contribution is 9.10. The van der Waals surface area contributed by atoms with Crippen LogP contribution in [0, 0.1) is 0 Å². The normalized spacial score (nSPS) is 10.6. The maximum atomic E-state index is 12.6. The number of rotatable bonds is 6. The Hall–Kier alpha value is -1.59. The highest BCUT2D eigenvalue weighted by atomic mass is 79.9. The molecule has 0 saturated heterocycles. The number of likely N-dealkylation sites (N-methyl/N-ethyl adjacent to an activating group) is 1. The molecule has 2 rings (SSSR count). The lowest BCUT2D eigenvalue weighted by Crippen LogP contribution is -2.27. The Morgan fingerprint density at radius 1 is 1.29 bits per heavy atom. The van der Waals surface area contributed by atoms with Crippen LogP contribution < -0.4 is 5.32 Å². The zero-order valence-electron chi connectivity index (χ0n) is 12.2. The first kappa shape index (κ1) is 15.8. The standard InChI is InChI=1S/C16H19BrN2O2/c1-18-10-9-12-5-3-4-6-14(12)16(20)19(2)11-13-7-8-15(17)21-13/h3-8,18H,9-11H2,1-2H3. The van der Waals surface area contributed by atoms with Gasteiger partial charge in [-0.3, -0.25) is 4.79 Å². The van der Waals surface area contributed by atoms with Gasteiger partial charge in [-0.15, -0.1) is 0 Å². The van der Waals surface area contributed by atoms with E-state index in [0.29, 0.717) is 11.2 Å². The van der Waals surface area contributed by atoms with Crippen LogP contribution in [0.1, 0.15) is 21.7 Å². The molecule has 0 fully saturated rings. The summed E-state index contributed by atoms with van der Waals surface area (Å²) >= 11 is 3.27. The molecule has 1 heterocycles. The molecular weight excluding hydrogens is 332 g/mol. The number of nitrogens with zero attached hydrogens (tertiary/aromatic N) is 1.